The van der Waals surface area contributed by atoms with E-state index in [0.717, 1.165) is 19.8 Å². The normalized spacial score (nSPS) is 9.82. The van der Waals surface area contributed by atoms with Gasteiger partial charge in [0, 0.05) is 8.47 Å². The fourth-order valence-electron chi connectivity index (χ4n) is 0.823. The molecule has 0 N–H and O–H groups in total. The van der Waals surface area contributed by atoms with E-state index in [1.165, 1.54) is 0 Å². The average molecular weight is 280 g/mol. The zero-order valence-corrected chi connectivity index (χ0v) is 9.44. The highest BCUT2D eigenvalue weighted by Gasteiger charge is 2.01. The standard InChI is InChI=1S/C8H9IOS/c1-5-3-6(10-2)4-7(9)8(5)11/h3-4,11H,1-2H3. The molecule has 11 heavy (non-hydrogen) atoms. The Bertz CT molecular complexity index is 250. The maximum Gasteiger partial charge on any atom is 0.120 e. The molecule has 0 aliphatic heterocycles. The Morgan fingerprint density at radius 1 is 1.45 bits per heavy atom. The van der Waals surface area contributed by atoms with Crippen LogP contribution in [0, 0.1) is 10.5 Å². The first-order chi connectivity index (χ1) is 5.15. The minimum absolute atomic E-state index is 0.893. The molecule has 0 aliphatic carbocycles. The first kappa shape index (κ1) is 9.19. The average Bonchev–Trinajstić information content (AvgIpc) is 1.99. The second kappa shape index (κ2) is 3.67. The quantitative estimate of drug-likeness (QED) is 0.614. The Labute approximate surface area is 85.7 Å². The zero-order chi connectivity index (χ0) is 8.43. The van der Waals surface area contributed by atoms with Crippen molar-refractivity contribution < 1.29 is 4.74 Å². The summed E-state index contributed by atoms with van der Waals surface area (Å²) in [4.78, 5) is 1.03. The van der Waals surface area contributed by atoms with Crippen LogP contribution in [0.2, 0.25) is 0 Å². The summed E-state index contributed by atoms with van der Waals surface area (Å²) >= 11 is 6.58. The molecule has 1 rings (SSSR count). The van der Waals surface area contributed by atoms with Crippen LogP contribution in [0.3, 0.4) is 0 Å². The van der Waals surface area contributed by atoms with Gasteiger partial charge in [0.1, 0.15) is 5.75 Å². The molecule has 0 unspecified atom stereocenters. The lowest BCUT2D eigenvalue weighted by atomic mass is 10.2. The van der Waals surface area contributed by atoms with Crippen LogP contribution in [0.25, 0.3) is 0 Å². The summed E-state index contributed by atoms with van der Waals surface area (Å²) in [5.41, 5.74) is 1.15. The number of thiol groups is 1. The van der Waals surface area contributed by atoms with Crippen LogP contribution < -0.4 is 4.74 Å². The molecular formula is C8H9IOS. The summed E-state index contributed by atoms with van der Waals surface area (Å²) in [7, 11) is 1.67. The van der Waals surface area contributed by atoms with Gasteiger partial charge in [0.05, 0.1) is 7.11 Å². The van der Waals surface area contributed by atoms with E-state index >= 15 is 0 Å². The summed E-state index contributed by atoms with van der Waals surface area (Å²) in [5, 5.41) is 0. The van der Waals surface area contributed by atoms with E-state index in [-0.39, 0.29) is 0 Å². The number of ether oxygens (including phenoxy) is 1. The first-order valence-corrected chi connectivity index (χ1v) is 4.71. The largest absolute Gasteiger partial charge is 0.497 e. The molecule has 0 aromatic heterocycles. The Balaban J connectivity index is 3.21. The van der Waals surface area contributed by atoms with E-state index in [9.17, 15) is 0 Å². The first-order valence-electron chi connectivity index (χ1n) is 3.18. The van der Waals surface area contributed by atoms with Crippen LogP contribution in [-0.2, 0) is 0 Å². The molecular weight excluding hydrogens is 271 g/mol. The van der Waals surface area contributed by atoms with Crippen LogP contribution >= 0.6 is 35.2 Å². The van der Waals surface area contributed by atoms with Gasteiger partial charge in [-0.2, -0.15) is 0 Å². The van der Waals surface area contributed by atoms with Gasteiger partial charge in [-0.1, -0.05) is 0 Å². The Kier molecular flexibility index (Phi) is 3.06. The van der Waals surface area contributed by atoms with Crippen molar-refractivity contribution in [2.24, 2.45) is 0 Å². The van der Waals surface area contributed by atoms with Crippen molar-refractivity contribution in [3.63, 3.8) is 0 Å². The topological polar surface area (TPSA) is 9.23 Å². The van der Waals surface area contributed by atoms with Gasteiger partial charge in [-0.3, -0.25) is 0 Å². The fraction of sp³-hybridized carbons (Fsp3) is 0.250. The number of aryl methyl sites for hydroxylation is 1. The lowest BCUT2D eigenvalue weighted by Gasteiger charge is -2.05. The van der Waals surface area contributed by atoms with Gasteiger partial charge < -0.3 is 4.74 Å². The summed E-state index contributed by atoms with van der Waals surface area (Å²) in [6.45, 7) is 2.02. The Morgan fingerprint density at radius 3 is 2.55 bits per heavy atom. The molecule has 0 saturated carbocycles. The Morgan fingerprint density at radius 2 is 2.09 bits per heavy atom. The predicted molar refractivity (Wildman–Crippen MR) is 57.7 cm³/mol. The highest BCUT2D eigenvalue weighted by atomic mass is 127. The molecule has 1 nitrogen and oxygen atoms in total. The van der Waals surface area contributed by atoms with Crippen molar-refractivity contribution in [2.75, 3.05) is 7.11 Å². The molecule has 0 fully saturated rings. The maximum absolute atomic E-state index is 5.09. The summed E-state index contributed by atoms with van der Waals surface area (Å²) in [6, 6.07) is 3.94. The molecule has 60 valence electrons. The van der Waals surface area contributed by atoms with Crippen LogP contribution in [0.1, 0.15) is 5.56 Å². The van der Waals surface area contributed by atoms with Crippen molar-refractivity contribution in [3.05, 3.63) is 21.3 Å². The number of halogens is 1. The van der Waals surface area contributed by atoms with E-state index in [4.69, 9.17) is 4.74 Å². The molecule has 0 saturated heterocycles. The van der Waals surface area contributed by atoms with Gasteiger partial charge in [0.2, 0.25) is 0 Å². The fourth-order valence-corrected chi connectivity index (χ4v) is 1.68. The van der Waals surface area contributed by atoms with Gasteiger partial charge in [-0.25, -0.2) is 0 Å². The second-order valence-corrected chi connectivity index (χ2v) is 3.88. The lowest BCUT2D eigenvalue weighted by Crippen LogP contribution is -1.87. The third kappa shape index (κ3) is 2.02. The smallest absolute Gasteiger partial charge is 0.120 e. The van der Waals surface area contributed by atoms with Gasteiger partial charge in [-0.05, 0) is 47.2 Å². The van der Waals surface area contributed by atoms with Crippen LogP contribution in [0.5, 0.6) is 5.75 Å². The molecule has 0 heterocycles. The van der Waals surface area contributed by atoms with Crippen LogP contribution in [-0.4, -0.2) is 7.11 Å². The molecule has 3 heteroatoms. The molecule has 0 amide bonds. The van der Waals surface area contributed by atoms with Crippen molar-refractivity contribution in [1.29, 1.82) is 0 Å². The third-order valence-corrected chi connectivity index (χ3v) is 3.33. The summed E-state index contributed by atoms with van der Waals surface area (Å²) in [5.74, 6) is 0.893. The van der Waals surface area contributed by atoms with Crippen LogP contribution in [0.4, 0.5) is 0 Å². The maximum atomic E-state index is 5.09. The molecule has 0 spiro atoms. The van der Waals surface area contributed by atoms with E-state index in [2.05, 4.69) is 35.2 Å². The highest BCUT2D eigenvalue weighted by molar-refractivity contribution is 14.1. The number of methoxy groups -OCH3 is 1. The number of rotatable bonds is 1. The Hall–Kier alpha value is 0.1000. The number of hydrogen-bond donors (Lipinski definition) is 1. The summed E-state index contributed by atoms with van der Waals surface area (Å²) in [6.07, 6.45) is 0. The zero-order valence-electron chi connectivity index (χ0n) is 6.39. The predicted octanol–water partition coefficient (Wildman–Crippen LogP) is 2.90. The molecule has 0 atom stereocenters. The molecule has 1 aromatic carbocycles. The minimum Gasteiger partial charge on any atom is -0.497 e. The monoisotopic (exact) mass is 280 g/mol. The van der Waals surface area contributed by atoms with Crippen molar-refractivity contribution >= 4 is 35.2 Å². The molecule has 0 bridgehead atoms. The molecule has 0 aliphatic rings. The van der Waals surface area contributed by atoms with Gasteiger partial charge in [-0.15, -0.1) is 12.6 Å². The van der Waals surface area contributed by atoms with E-state index in [1.54, 1.807) is 7.11 Å². The van der Waals surface area contributed by atoms with Crippen LogP contribution in [0.15, 0.2) is 17.0 Å². The van der Waals surface area contributed by atoms with Crippen molar-refractivity contribution in [3.8, 4) is 5.75 Å². The second-order valence-electron chi connectivity index (χ2n) is 2.27. The minimum atomic E-state index is 0.893. The van der Waals surface area contributed by atoms with Gasteiger partial charge in [0.25, 0.3) is 0 Å². The number of hydrogen-bond acceptors (Lipinski definition) is 2. The van der Waals surface area contributed by atoms with E-state index in [1.807, 2.05) is 19.1 Å². The van der Waals surface area contributed by atoms with Gasteiger partial charge >= 0.3 is 0 Å². The van der Waals surface area contributed by atoms with E-state index in [0.29, 0.717) is 0 Å². The van der Waals surface area contributed by atoms with Gasteiger partial charge in [0.15, 0.2) is 0 Å². The SMILES string of the molecule is COc1cc(C)c(S)c(I)c1. The third-order valence-electron chi connectivity index (χ3n) is 1.46. The van der Waals surface area contributed by atoms with Crippen molar-refractivity contribution in [2.45, 2.75) is 11.8 Å². The number of benzene rings is 1. The van der Waals surface area contributed by atoms with E-state index < -0.39 is 0 Å². The lowest BCUT2D eigenvalue weighted by molar-refractivity contribution is 0.413. The van der Waals surface area contributed by atoms with Crippen molar-refractivity contribution in [1.82, 2.24) is 0 Å². The summed E-state index contributed by atoms with van der Waals surface area (Å²) < 4.78 is 6.22. The molecule has 0 radical (unpaired) electrons. The highest BCUT2D eigenvalue weighted by Crippen LogP contribution is 2.25. The molecule has 1 aromatic rings.